The van der Waals surface area contributed by atoms with Gasteiger partial charge in [0.15, 0.2) is 34.9 Å². The topological polar surface area (TPSA) is 95.8 Å². The van der Waals surface area contributed by atoms with Crippen LogP contribution in [-0.4, -0.2) is 29.9 Å². The van der Waals surface area contributed by atoms with Crippen molar-refractivity contribution < 1.29 is 9.47 Å². The molecule has 0 bridgehead atoms. The predicted molar refractivity (Wildman–Crippen MR) is 440 cm³/mol. The van der Waals surface area contributed by atoms with Crippen LogP contribution in [0, 0.1) is 0 Å². The number of nitrogens with zero attached hydrogens (tertiary/aromatic N) is 6. The summed E-state index contributed by atoms with van der Waals surface area (Å²) >= 11 is 0. The Bertz CT molecular complexity index is 6610. The van der Waals surface area contributed by atoms with Crippen molar-refractivity contribution in [2.24, 2.45) is 0 Å². The summed E-state index contributed by atoms with van der Waals surface area (Å²) in [5.41, 5.74) is 26.4. The van der Waals surface area contributed by atoms with E-state index in [0.29, 0.717) is 34.9 Å². The number of hydrogen-bond donors (Lipinski definition) is 0. The zero-order chi connectivity index (χ0) is 72.4. The first-order valence-electron chi connectivity index (χ1n) is 37.3. The minimum Gasteiger partial charge on any atom is -0.456 e. The molecule has 0 fully saturated rings. The van der Waals surface area contributed by atoms with Crippen molar-refractivity contribution in [3.05, 3.63) is 421 Å². The quantitative estimate of drug-likeness (QED) is 0.134. The van der Waals surface area contributed by atoms with Crippen molar-refractivity contribution in [2.45, 2.75) is 10.8 Å². The number of fused-ring (bicyclic) bond motifs is 19. The van der Waals surface area contributed by atoms with Gasteiger partial charge in [0.1, 0.15) is 23.0 Å². The third-order valence-electron chi connectivity index (χ3n) is 22.8. The van der Waals surface area contributed by atoms with E-state index in [0.717, 1.165) is 134 Å². The zero-order valence-electron chi connectivity index (χ0n) is 59.3. The molecule has 16 aromatic carbocycles. The monoisotopic (exact) mass is 1400 g/mol. The SMILES string of the molecule is c1ccc(-c2nc(-c3ccc(-c4ccc(-c5cccc6c5Oc5ccccc5C65c6ccccc6-c6ccccc65)cc4)cc3)nc(-c3ccc(-c4ccc5c(c4)Oc4c(-c6ccc7ccccc7c6-c6nc(-c7ccccc7)nc(-c7ccccc7)n6)cccc4C54c5ccccc5-c5ccccc54)cc3)n2)cc1. The summed E-state index contributed by atoms with van der Waals surface area (Å²) in [5.74, 6) is 6.75. The summed E-state index contributed by atoms with van der Waals surface area (Å²) in [5, 5.41) is 2.08. The summed E-state index contributed by atoms with van der Waals surface area (Å²) in [7, 11) is 0. The van der Waals surface area contributed by atoms with Crippen molar-refractivity contribution in [1.82, 2.24) is 29.9 Å². The van der Waals surface area contributed by atoms with Gasteiger partial charge >= 0.3 is 0 Å². The maximum absolute atomic E-state index is 7.66. The summed E-state index contributed by atoms with van der Waals surface area (Å²) < 4.78 is 14.7. The average molecular weight is 1400 g/mol. The fourth-order valence-electron chi connectivity index (χ4n) is 17.9. The van der Waals surface area contributed by atoms with E-state index in [1.54, 1.807) is 0 Å². The fourth-order valence-corrected chi connectivity index (χ4v) is 17.9. The van der Waals surface area contributed by atoms with E-state index in [-0.39, 0.29) is 0 Å². The van der Waals surface area contributed by atoms with E-state index in [9.17, 15) is 0 Å². The van der Waals surface area contributed by atoms with E-state index in [4.69, 9.17) is 39.4 Å². The first kappa shape index (κ1) is 62.7. The molecule has 110 heavy (non-hydrogen) atoms. The maximum Gasteiger partial charge on any atom is 0.165 e. The van der Waals surface area contributed by atoms with E-state index >= 15 is 0 Å². The van der Waals surface area contributed by atoms with Crippen LogP contribution in [0.1, 0.15) is 44.5 Å². The number of benzene rings is 16. The van der Waals surface area contributed by atoms with Crippen LogP contribution in [0.2, 0.25) is 0 Å². The molecule has 2 spiro atoms. The molecule has 0 saturated heterocycles. The van der Waals surface area contributed by atoms with Crippen LogP contribution in [0.4, 0.5) is 0 Å². The molecule has 0 radical (unpaired) electrons. The Morgan fingerprint density at radius 2 is 0.509 bits per heavy atom. The van der Waals surface area contributed by atoms with Gasteiger partial charge in [-0.1, -0.05) is 364 Å². The predicted octanol–water partition coefficient (Wildman–Crippen LogP) is 24.8. The largest absolute Gasteiger partial charge is 0.456 e. The highest BCUT2D eigenvalue weighted by molar-refractivity contribution is 6.05. The van der Waals surface area contributed by atoms with Gasteiger partial charge in [0.05, 0.1) is 10.8 Å². The lowest BCUT2D eigenvalue weighted by Gasteiger charge is -2.40. The lowest BCUT2D eigenvalue weighted by Crippen LogP contribution is -2.32. The Morgan fingerprint density at radius 1 is 0.182 bits per heavy atom. The highest BCUT2D eigenvalue weighted by Crippen LogP contribution is 2.66. The van der Waals surface area contributed by atoms with Gasteiger partial charge in [-0.2, -0.15) is 0 Å². The van der Waals surface area contributed by atoms with Gasteiger partial charge in [-0.15, -0.1) is 0 Å². The number of aromatic nitrogens is 6. The summed E-state index contributed by atoms with van der Waals surface area (Å²) in [6, 6.07) is 133. The highest BCUT2D eigenvalue weighted by atomic mass is 16.5. The molecule has 2 aromatic heterocycles. The summed E-state index contributed by atoms with van der Waals surface area (Å²) in [6.07, 6.45) is 0. The first-order chi connectivity index (χ1) is 54.5. The van der Waals surface area contributed by atoms with Gasteiger partial charge in [-0.3, -0.25) is 0 Å². The number of para-hydroxylation sites is 3. The molecule has 0 amide bonds. The molecule has 8 heteroatoms. The number of hydrogen-bond acceptors (Lipinski definition) is 8. The molecular weight excluding hydrogens is 1340 g/mol. The second-order valence-corrected chi connectivity index (χ2v) is 28.6. The molecular formula is C102H62N6O2. The molecule has 2 aliphatic carbocycles. The van der Waals surface area contributed by atoms with Crippen molar-refractivity contribution in [2.75, 3.05) is 0 Å². The van der Waals surface area contributed by atoms with Gasteiger partial charge in [0.2, 0.25) is 0 Å². The van der Waals surface area contributed by atoms with Crippen molar-refractivity contribution in [1.29, 1.82) is 0 Å². The normalized spacial score (nSPS) is 13.2. The summed E-state index contributed by atoms with van der Waals surface area (Å²) in [4.78, 5) is 31.5. The molecule has 0 atom stereocenters. The van der Waals surface area contributed by atoms with E-state index < -0.39 is 10.8 Å². The van der Waals surface area contributed by atoms with Gasteiger partial charge < -0.3 is 9.47 Å². The van der Waals surface area contributed by atoms with Crippen LogP contribution in [0.3, 0.4) is 0 Å². The van der Waals surface area contributed by atoms with Crippen LogP contribution in [-0.2, 0) is 10.8 Å². The maximum atomic E-state index is 7.66. The van der Waals surface area contributed by atoms with E-state index in [1.807, 2.05) is 66.7 Å². The Balaban J connectivity index is 0.615. The Hall–Kier alpha value is -14.6. The zero-order valence-corrected chi connectivity index (χ0v) is 59.3. The van der Waals surface area contributed by atoms with Crippen LogP contribution < -0.4 is 9.47 Å². The smallest absolute Gasteiger partial charge is 0.165 e. The Labute approximate surface area is 635 Å². The molecule has 0 saturated carbocycles. The molecule has 512 valence electrons. The van der Waals surface area contributed by atoms with Gasteiger partial charge in [0, 0.05) is 66.8 Å². The van der Waals surface area contributed by atoms with Crippen molar-refractivity contribution in [3.8, 4) is 158 Å². The van der Waals surface area contributed by atoms with Gasteiger partial charge in [0.25, 0.3) is 0 Å². The van der Waals surface area contributed by atoms with E-state index in [2.05, 4.69) is 309 Å². The van der Waals surface area contributed by atoms with Crippen LogP contribution in [0.5, 0.6) is 23.0 Å². The van der Waals surface area contributed by atoms with Crippen molar-refractivity contribution >= 4 is 10.8 Å². The van der Waals surface area contributed by atoms with Crippen molar-refractivity contribution in [3.63, 3.8) is 0 Å². The molecule has 22 rings (SSSR count). The molecule has 0 N–H and O–H groups in total. The minimum absolute atomic E-state index is 0.539. The van der Waals surface area contributed by atoms with E-state index in [1.165, 1.54) is 44.5 Å². The molecule has 8 nitrogen and oxygen atoms in total. The van der Waals surface area contributed by atoms with Crippen LogP contribution >= 0.6 is 0 Å². The lowest BCUT2D eigenvalue weighted by molar-refractivity contribution is 0.438. The van der Waals surface area contributed by atoms with Gasteiger partial charge in [-0.25, -0.2) is 29.9 Å². The number of ether oxygens (including phenoxy) is 2. The molecule has 0 unspecified atom stereocenters. The molecule has 4 heterocycles. The van der Waals surface area contributed by atoms with Gasteiger partial charge in [-0.05, 0) is 101 Å². The molecule has 18 aromatic rings. The van der Waals surface area contributed by atoms with Crippen LogP contribution in [0.15, 0.2) is 376 Å². The highest BCUT2D eigenvalue weighted by Gasteiger charge is 2.53. The standard InChI is InChI=1S/C102H62N6O2/c1-4-25-68(26-5-1)95-103-98(71-54-48-64(49-55-71)63-46-52-67(53-47-63)75-36-22-43-88-93(75)109-90-45-21-20-42-86(90)101(88)82-38-16-12-32-76(82)77-33-13-17-39-83(77)101)106-99(104-95)72-56-50-65(51-57-72)73-59-61-87-91(62-73)110-94-81(37-23-44-89(94)102(87)84-40-18-14-34-78(84)79-35-15-19-41-85(79)102)80-60-58-66-24-10-11-31-74(66)92(80)100-107-96(69-27-6-2-7-28-69)105-97(108-100)70-29-8-3-9-30-70/h1-62H. The average Bonchev–Trinajstić information content (AvgIpc) is 1.49. The number of rotatable bonds is 10. The van der Waals surface area contributed by atoms with Crippen LogP contribution in [0.25, 0.3) is 146 Å². The fraction of sp³-hybridized carbons (Fsp3) is 0.0196. The summed E-state index contributed by atoms with van der Waals surface area (Å²) in [6.45, 7) is 0. The third-order valence-corrected chi connectivity index (χ3v) is 22.8. The first-order valence-corrected chi connectivity index (χ1v) is 37.3. The Kier molecular flexibility index (Phi) is 14.3. The Morgan fingerprint density at radius 3 is 1.00 bits per heavy atom. The molecule has 2 aliphatic heterocycles. The second kappa shape index (κ2) is 25.0. The third kappa shape index (κ3) is 9.65. The minimum atomic E-state index is -0.755. The molecule has 4 aliphatic rings. The second-order valence-electron chi connectivity index (χ2n) is 28.6. The lowest BCUT2D eigenvalue weighted by atomic mass is 9.65.